The zero-order valence-corrected chi connectivity index (χ0v) is 10.9. The lowest BCUT2D eigenvalue weighted by Crippen LogP contribution is -2.38. The second-order valence-corrected chi connectivity index (χ2v) is 5.66. The number of hydrogen-bond acceptors (Lipinski definition) is 2. The summed E-state index contributed by atoms with van der Waals surface area (Å²) in [7, 11) is 1.87. The number of anilines is 1. The lowest BCUT2D eigenvalue weighted by Gasteiger charge is -2.23. The van der Waals surface area contributed by atoms with E-state index in [4.69, 9.17) is 5.73 Å². The molecule has 0 bridgehead atoms. The van der Waals surface area contributed by atoms with Gasteiger partial charge in [-0.2, -0.15) is 0 Å². The minimum absolute atomic E-state index is 0.183. The van der Waals surface area contributed by atoms with Crippen LogP contribution in [0.2, 0.25) is 0 Å². The Kier molecular flexibility index (Phi) is 2.67. The topological polar surface area (TPSA) is 46.3 Å². The van der Waals surface area contributed by atoms with E-state index in [0.717, 1.165) is 24.9 Å². The molecule has 2 aliphatic rings. The van der Waals surface area contributed by atoms with E-state index in [-0.39, 0.29) is 11.3 Å². The first-order valence-corrected chi connectivity index (χ1v) is 6.76. The predicted octanol–water partition coefficient (Wildman–Crippen LogP) is 1.88. The van der Waals surface area contributed by atoms with Gasteiger partial charge in [-0.3, -0.25) is 4.79 Å². The maximum absolute atomic E-state index is 12.4. The highest BCUT2D eigenvalue weighted by atomic mass is 16.2. The first kappa shape index (κ1) is 11.7. The molecule has 0 radical (unpaired) electrons. The summed E-state index contributed by atoms with van der Waals surface area (Å²) >= 11 is 0. The average molecular weight is 244 g/mol. The maximum Gasteiger partial charge on any atom is 0.234 e. The molecule has 2 aliphatic carbocycles. The number of fused-ring (bicyclic) bond motifs is 1. The summed E-state index contributed by atoms with van der Waals surface area (Å²) in [5.74, 6) is 0.183. The third-order valence-electron chi connectivity index (χ3n) is 4.47. The quantitative estimate of drug-likeness (QED) is 0.882. The van der Waals surface area contributed by atoms with E-state index in [1.807, 2.05) is 7.05 Å². The Morgan fingerprint density at radius 2 is 2.06 bits per heavy atom. The molecule has 3 heteroatoms. The minimum atomic E-state index is -0.256. The average Bonchev–Trinajstić information content (AvgIpc) is 3.07. The number of carbonyl (C=O) groups is 1. The Morgan fingerprint density at radius 3 is 2.72 bits per heavy atom. The SMILES string of the molecule is CN(C(=O)C1(CN)CC1)c1ccc2c(c1)CCC2. The second kappa shape index (κ2) is 4.09. The molecule has 0 heterocycles. The highest BCUT2D eigenvalue weighted by Gasteiger charge is 2.50. The van der Waals surface area contributed by atoms with Crippen molar-refractivity contribution < 1.29 is 4.79 Å². The molecule has 96 valence electrons. The number of hydrogen-bond donors (Lipinski definition) is 1. The summed E-state index contributed by atoms with van der Waals surface area (Å²) in [6.07, 6.45) is 5.45. The van der Waals surface area contributed by atoms with Crippen molar-refractivity contribution in [1.82, 2.24) is 0 Å². The molecule has 0 spiro atoms. The summed E-state index contributed by atoms with van der Waals surface area (Å²) < 4.78 is 0. The Hall–Kier alpha value is -1.35. The van der Waals surface area contributed by atoms with Gasteiger partial charge in [0.15, 0.2) is 0 Å². The van der Waals surface area contributed by atoms with Crippen molar-refractivity contribution in [3.8, 4) is 0 Å². The van der Waals surface area contributed by atoms with E-state index in [1.54, 1.807) is 4.90 Å². The molecule has 1 aromatic carbocycles. The fourth-order valence-corrected chi connectivity index (χ4v) is 2.90. The van der Waals surface area contributed by atoms with Gasteiger partial charge in [-0.05, 0) is 55.4 Å². The first-order chi connectivity index (χ1) is 8.66. The highest BCUT2D eigenvalue weighted by molar-refractivity contribution is 5.99. The number of amides is 1. The standard InChI is InChI=1S/C15H20N2O/c1-17(14(18)15(10-16)7-8-15)13-6-5-11-3-2-4-12(11)9-13/h5-6,9H,2-4,7-8,10,16H2,1H3. The largest absolute Gasteiger partial charge is 0.329 e. The Bertz CT molecular complexity index is 491. The van der Waals surface area contributed by atoms with E-state index in [9.17, 15) is 4.79 Å². The molecule has 2 N–H and O–H groups in total. The Morgan fingerprint density at radius 1 is 1.33 bits per heavy atom. The number of rotatable bonds is 3. The van der Waals surface area contributed by atoms with Crippen molar-refractivity contribution in [3.05, 3.63) is 29.3 Å². The van der Waals surface area contributed by atoms with Gasteiger partial charge in [0.2, 0.25) is 5.91 Å². The third-order valence-corrected chi connectivity index (χ3v) is 4.47. The van der Waals surface area contributed by atoms with Gasteiger partial charge >= 0.3 is 0 Å². The predicted molar refractivity (Wildman–Crippen MR) is 72.6 cm³/mol. The van der Waals surface area contributed by atoms with Crippen LogP contribution in [0.5, 0.6) is 0 Å². The number of nitrogens with two attached hydrogens (primary N) is 1. The van der Waals surface area contributed by atoms with Crippen LogP contribution in [0.25, 0.3) is 0 Å². The van der Waals surface area contributed by atoms with Crippen LogP contribution in [0, 0.1) is 5.41 Å². The first-order valence-electron chi connectivity index (χ1n) is 6.76. The van der Waals surface area contributed by atoms with E-state index >= 15 is 0 Å². The molecule has 0 unspecified atom stereocenters. The van der Waals surface area contributed by atoms with Gasteiger partial charge in [0, 0.05) is 19.3 Å². The summed E-state index contributed by atoms with van der Waals surface area (Å²) in [6.45, 7) is 0.473. The number of aryl methyl sites for hydroxylation is 2. The van der Waals surface area contributed by atoms with Crippen molar-refractivity contribution in [1.29, 1.82) is 0 Å². The lowest BCUT2D eigenvalue weighted by atomic mass is 10.0. The molecule has 1 saturated carbocycles. The molecule has 3 nitrogen and oxygen atoms in total. The van der Waals surface area contributed by atoms with Gasteiger partial charge in [-0.25, -0.2) is 0 Å². The fraction of sp³-hybridized carbons (Fsp3) is 0.533. The summed E-state index contributed by atoms with van der Waals surface area (Å²) in [4.78, 5) is 14.2. The van der Waals surface area contributed by atoms with Crippen LogP contribution in [0.4, 0.5) is 5.69 Å². The lowest BCUT2D eigenvalue weighted by molar-refractivity contribution is -0.123. The molecule has 0 saturated heterocycles. The molecular weight excluding hydrogens is 224 g/mol. The molecule has 0 aliphatic heterocycles. The summed E-state index contributed by atoms with van der Waals surface area (Å²) in [5.41, 5.74) is 9.34. The van der Waals surface area contributed by atoms with Crippen molar-refractivity contribution in [2.75, 3.05) is 18.5 Å². The van der Waals surface area contributed by atoms with Crippen molar-refractivity contribution >= 4 is 11.6 Å². The van der Waals surface area contributed by atoms with E-state index in [1.165, 1.54) is 24.0 Å². The zero-order chi connectivity index (χ0) is 12.8. The molecule has 0 aromatic heterocycles. The molecule has 1 amide bonds. The van der Waals surface area contributed by atoms with Crippen molar-refractivity contribution in [3.63, 3.8) is 0 Å². The van der Waals surface area contributed by atoms with E-state index in [0.29, 0.717) is 6.54 Å². The molecule has 1 aromatic rings. The minimum Gasteiger partial charge on any atom is -0.329 e. The van der Waals surface area contributed by atoms with Crippen molar-refractivity contribution in [2.24, 2.45) is 11.1 Å². The number of nitrogens with zero attached hydrogens (tertiary/aromatic N) is 1. The molecule has 1 fully saturated rings. The van der Waals surface area contributed by atoms with E-state index < -0.39 is 0 Å². The molecule has 3 rings (SSSR count). The fourth-order valence-electron chi connectivity index (χ4n) is 2.90. The summed E-state index contributed by atoms with van der Waals surface area (Å²) in [5, 5.41) is 0. The van der Waals surface area contributed by atoms with Gasteiger partial charge in [0.25, 0.3) is 0 Å². The van der Waals surface area contributed by atoms with Crippen LogP contribution in [0.3, 0.4) is 0 Å². The van der Waals surface area contributed by atoms with Crippen LogP contribution in [-0.2, 0) is 17.6 Å². The Labute approximate surface area is 108 Å². The van der Waals surface area contributed by atoms with Gasteiger partial charge in [-0.1, -0.05) is 6.07 Å². The molecular formula is C15H20N2O. The smallest absolute Gasteiger partial charge is 0.234 e. The van der Waals surface area contributed by atoms with Crippen LogP contribution < -0.4 is 10.6 Å². The third kappa shape index (κ3) is 1.74. The van der Waals surface area contributed by atoms with Gasteiger partial charge in [0.1, 0.15) is 0 Å². The van der Waals surface area contributed by atoms with Gasteiger partial charge in [0.05, 0.1) is 5.41 Å². The van der Waals surface area contributed by atoms with Crippen LogP contribution in [0.15, 0.2) is 18.2 Å². The normalized spacial score (nSPS) is 19.4. The summed E-state index contributed by atoms with van der Waals surface area (Å²) in [6, 6.07) is 6.41. The highest BCUT2D eigenvalue weighted by Crippen LogP contribution is 2.46. The van der Waals surface area contributed by atoms with E-state index in [2.05, 4.69) is 18.2 Å². The van der Waals surface area contributed by atoms with Crippen LogP contribution in [-0.4, -0.2) is 19.5 Å². The maximum atomic E-state index is 12.4. The molecule has 0 atom stereocenters. The van der Waals surface area contributed by atoms with Gasteiger partial charge < -0.3 is 10.6 Å². The van der Waals surface area contributed by atoms with Gasteiger partial charge in [-0.15, -0.1) is 0 Å². The number of carbonyl (C=O) groups excluding carboxylic acids is 1. The van der Waals surface area contributed by atoms with Crippen molar-refractivity contribution in [2.45, 2.75) is 32.1 Å². The molecule has 18 heavy (non-hydrogen) atoms. The Balaban J connectivity index is 1.84. The number of benzene rings is 1. The van der Waals surface area contributed by atoms with Crippen LogP contribution in [0.1, 0.15) is 30.4 Å². The monoisotopic (exact) mass is 244 g/mol. The second-order valence-electron chi connectivity index (χ2n) is 5.66. The van der Waals surface area contributed by atoms with Crippen LogP contribution >= 0.6 is 0 Å². The zero-order valence-electron chi connectivity index (χ0n) is 10.9.